The van der Waals surface area contributed by atoms with Crippen LogP contribution in [0.3, 0.4) is 0 Å². The Hall–Kier alpha value is -2.39. The minimum absolute atomic E-state index is 0.306. The van der Waals surface area contributed by atoms with Crippen LogP contribution >= 0.6 is 0 Å². The number of methoxy groups -OCH3 is 1. The summed E-state index contributed by atoms with van der Waals surface area (Å²) in [5.74, 6) is 3.04. The normalized spacial score (nSPS) is 21.8. The topological polar surface area (TPSA) is 79.8 Å². The van der Waals surface area contributed by atoms with Gasteiger partial charge >= 0.3 is 0 Å². The molecule has 0 spiro atoms. The van der Waals surface area contributed by atoms with Gasteiger partial charge in [-0.1, -0.05) is 12.1 Å². The van der Waals surface area contributed by atoms with Gasteiger partial charge in [0.2, 0.25) is 5.95 Å². The maximum Gasteiger partial charge on any atom is 0.227 e. The third-order valence-electron chi connectivity index (χ3n) is 6.23. The van der Waals surface area contributed by atoms with Gasteiger partial charge in [-0.2, -0.15) is 4.98 Å². The van der Waals surface area contributed by atoms with Crippen LogP contribution < -0.4 is 19.9 Å². The van der Waals surface area contributed by atoms with Gasteiger partial charge in [0.15, 0.2) is 0 Å². The number of piperazine rings is 1. The summed E-state index contributed by atoms with van der Waals surface area (Å²) in [7, 11) is 0.692. The Morgan fingerprint density at radius 3 is 2.61 bits per heavy atom. The predicted molar refractivity (Wildman–Crippen MR) is 122 cm³/mol. The van der Waals surface area contributed by atoms with Crippen molar-refractivity contribution in [2.75, 3.05) is 67.4 Å². The molecule has 1 unspecified atom stereocenters. The van der Waals surface area contributed by atoms with Crippen molar-refractivity contribution >= 4 is 28.3 Å². The predicted octanol–water partition coefficient (Wildman–Crippen LogP) is 2.07. The Labute approximate surface area is 185 Å². The fourth-order valence-corrected chi connectivity index (χ4v) is 5.81. The van der Waals surface area contributed by atoms with E-state index in [1.54, 1.807) is 7.11 Å². The molecule has 0 radical (unpaired) electrons. The van der Waals surface area contributed by atoms with E-state index in [1.807, 2.05) is 18.2 Å². The highest BCUT2D eigenvalue weighted by atomic mass is 32.2. The average Bonchev–Trinajstić information content (AvgIpc) is 3.21. The van der Waals surface area contributed by atoms with Crippen LogP contribution in [0.15, 0.2) is 29.2 Å². The number of rotatable bonds is 5. The van der Waals surface area contributed by atoms with E-state index >= 15 is 0 Å². The largest absolute Gasteiger partial charge is 0.495 e. The van der Waals surface area contributed by atoms with Crippen LogP contribution in [0.4, 0.5) is 17.5 Å². The molecule has 3 aliphatic rings. The van der Waals surface area contributed by atoms with E-state index < -0.39 is 10.8 Å². The zero-order valence-electron chi connectivity index (χ0n) is 17.9. The summed E-state index contributed by atoms with van der Waals surface area (Å²) in [6, 6.07) is 8.45. The molecule has 31 heavy (non-hydrogen) atoms. The van der Waals surface area contributed by atoms with Crippen LogP contribution in [-0.4, -0.2) is 72.5 Å². The summed E-state index contributed by atoms with van der Waals surface area (Å²) in [6.45, 7) is 4.91. The van der Waals surface area contributed by atoms with Crippen molar-refractivity contribution in [2.45, 2.75) is 30.2 Å². The lowest BCUT2D eigenvalue weighted by Gasteiger charge is -2.37. The lowest BCUT2D eigenvalue weighted by atomic mass is 10.1. The molecule has 5 rings (SSSR count). The lowest BCUT2D eigenvalue weighted by Crippen LogP contribution is -2.47. The molecule has 0 amide bonds. The molecule has 2 saturated heterocycles. The monoisotopic (exact) mass is 443 g/mol. The molecule has 2 aromatic rings. The number of nitrogens with one attached hydrogen (secondary N) is 1. The quantitative estimate of drug-likeness (QED) is 0.752. The lowest BCUT2D eigenvalue weighted by molar-refractivity contribution is 0.0903. The van der Waals surface area contributed by atoms with E-state index in [2.05, 4.69) is 21.2 Å². The molecule has 4 heterocycles. The molecule has 8 nitrogen and oxygen atoms in total. The van der Waals surface area contributed by atoms with Gasteiger partial charge < -0.3 is 24.6 Å². The zero-order chi connectivity index (χ0) is 21.2. The summed E-state index contributed by atoms with van der Waals surface area (Å²) in [5.41, 5.74) is 2.06. The summed E-state index contributed by atoms with van der Waals surface area (Å²) in [5, 5.41) is 3.56. The highest BCUT2D eigenvalue weighted by Gasteiger charge is 2.30. The number of ether oxygens (including phenoxy) is 2. The second-order valence-electron chi connectivity index (χ2n) is 8.12. The standard InChI is InChI=1S/C22H29N5O3S/c1-29-19-5-3-2-4-18(19)26-9-11-27(12-10-26)22-24-17-8-15-31(28)20(17)21(25-22)23-16-6-13-30-14-7-16/h2-5,16H,6-15H2,1H3,(H,23,24,25). The number of nitrogens with zero attached hydrogens (tertiary/aromatic N) is 4. The van der Waals surface area contributed by atoms with Gasteiger partial charge in [-0.05, 0) is 25.0 Å². The van der Waals surface area contributed by atoms with Crippen LogP contribution in [-0.2, 0) is 22.0 Å². The maximum atomic E-state index is 12.6. The number of aryl methyl sites for hydroxylation is 1. The molecule has 1 aromatic heterocycles. The molecule has 9 heteroatoms. The van der Waals surface area contributed by atoms with Gasteiger partial charge in [0.25, 0.3) is 0 Å². The Balaban J connectivity index is 1.35. The number of fused-ring (bicyclic) bond motifs is 1. The molecule has 166 valence electrons. The first-order valence-electron chi connectivity index (χ1n) is 11.0. The van der Waals surface area contributed by atoms with Gasteiger partial charge in [0, 0.05) is 57.6 Å². The van der Waals surface area contributed by atoms with E-state index in [9.17, 15) is 4.21 Å². The number of benzene rings is 1. The van der Waals surface area contributed by atoms with Gasteiger partial charge in [-0.25, -0.2) is 4.98 Å². The summed E-state index contributed by atoms with van der Waals surface area (Å²) in [6.07, 6.45) is 2.64. The summed E-state index contributed by atoms with van der Waals surface area (Å²) < 4.78 is 23.6. The minimum Gasteiger partial charge on any atom is -0.495 e. The number of hydrogen-bond donors (Lipinski definition) is 1. The molecule has 1 atom stereocenters. The van der Waals surface area contributed by atoms with Crippen LogP contribution in [0.1, 0.15) is 18.5 Å². The fourth-order valence-electron chi connectivity index (χ4n) is 4.50. The Morgan fingerprint density at radius 1 is 1.10 bits per heavy atom. The molecule has 3 aliphatic heterocycles. The van der Waals surface area contributed by atoms with Gasteiger partial charge in [-0.3, -0.25) is 4.21 Å². The van der Waals surface area contributed by atoms with Gasteiger partial charge in [-0.15, -0.1) is 0 Å². The van der Waals surface area contributed by atoms with E-state index in [0.717, 1.165) is 92.4 Å². The Morgan fingerprint density at radius 2 is 1.84 bits per heavy atom. The molecular formula is C22H29N5O3S. The first kappa shape index (κ1) is 20.5. The van der Waals surface area contributed by atoms with Crippen molar-refractivity contribution in [3.8, 4) is 5.75 Å². The highest BCUT2D eigenvalue weighted by Crippen LogP contribution is 2.32. The number of para-hydroxylation sites is 2. The van der Waals surface area contributed by atoms with Gasteiger partial charge in [0.05, 0.1) is 29.3 Å². The van der Waals surface area contributed by atoms with E-state index in [1.165, 1.54) is 0 Å². The first-order valence-corrected chi connectivity index (χ1v) is 12.3. The number of anilines is 3. The van der Waals surface area contributed by atoms with Crippen molar-refractivity contribution in [1.82, 2.24) is 9.97 Å². The minimum atomic E-state index is -1.02. The van der Waals surface area contributed by atoms with Crippen molar-refractivity contribution in [2.24, 2.45) is 0 Å². The van der Waals surface area contributed by atoms with E-state index in [-0.39, 0.29) is 0 Å². The van der Waals surface area contributed by atoms with Crippen molar-refractivity contribution in [3.63, 3.8) is 0 Å². The van der Waals surface area contributed by atoms with Crippen molar-refractivity contribution < 1.29 is 13.7 Å². The third-order valence-corrected chi connectivity index (χ3v) is 7.69. The molecule has 1 N–H and O–H groups in total. The first-order chi connectivity index (χ1) is 15.2. The smallest absolute Gasteiger partial charge is 0.227 e. The van der Waals surface area contributed by atoms with Crippen molar-refractivity contribution in [1.29, 1.82) is 0 Å². The Kier molecular flexibility index (Phi) is 5.95. The molecule has 1 aromatic carbocycles. The Bertz CT molecular complexity index is 958. The van der Waals surface area contributed by atoms with Crippen LogP contribution in [0.5, 0.6) is 5.75 Å². The van der Waals surface area contributed by atoms with Crippen LogP contribution in [0.2, 0.25) is 0 Å². The second-order valence-corrected chi connectivity index (χ2v) is 9.63. The zero-order valence-corrected chi connectivity index (χ0v) is 18.7. The van der Waals surface area contributed by atoms with E-state index in [4.69, 9.17) is 19.4 Å². The van der Waals surface area contributed by atoms with Crippen molar-refractivity contribution in [3.05, 3.63) is 30.0 Å². The van der Waals surface area contributed by atoms with Crippen LogP contribution in [0, 0.1) is 0 Å². The van der Waals surface area contributed by atoms with E-state index in [0.29, 0.717) is 11.8 Å². The summed E-state index contributed by atoms with van der Waals surface area (Å²) in [4.78, 5) is 15.1. The number of hydrogen-bond acceptors (Lipinski definition) is 8. The summed E-state index contributed by atoms with van der Waals surface area (Å²) >= 11 is 0. The molecule has 0 saturated carbocycles. The molecule has 0 aliphatic carbocycles. The second kappa shape index (κ2) is 9.00. The fraction of sp³-hybridized carbons (Fsp3) is 0.545. The average molecular weight is 444 g/mol. The molecular weight excluding hydrogens is 414 g/mol. The van der Waals surface area contributed by atoms with Crippen LogP contribution in [0.25, 0.3) is 0 Å². The number of aromatic nitrogens is 2. The van der Waals surface area contributed by atoms with Gasteiger partial charge in [0.1, 0.15) is 16.5 Å². The molecule has 0 bridgehead atoms. The third kappa shape index (κ3) is 4.21. The SMILES string of the molecule is COc1ccccc1N1CCN(c2nc3c(c(NC4CCOCC4)n2)S(=O)CC3)CC1. The maximum absolute atomic E-state index is 12.6. The molecule has 2 fully saturated rings. The highest BCUT2D eigenvalue weighted by molar-refractivity contribution is 7.85.